The molecule has 2 amide bonds. The molecular weight excluding hydrogens is 486 g/mol. The van der Waals surface area contributed by atoms with Crippen molar-refractivity contribution in [3.63, 3.8) is 0 Å². The molecule has 0 aromatic heterocycles. The van der Waals surface area contributed by atoms with Gasteiger partial charge in [-0.2, -0.15) is 0 Å². The maximum atomic E-state index is 13.3. The van der Waals surface area contributed by atoms with E-state index in [2.05, 4.69) is 5.32 Å². The number of benzene rings is 2. The van der Waals surface area contributed by atoms with Crippen LogP contribution in [0.4, 0.5) is 5.69 Å². The van der Waals surface area contributed by atoms with Crippen LogP contribution in [0.25, 0.3) is 0 Å². The van der Waals surface area contributed by atoms with Gasteiger partial charge in [0.05, 0.1) is 11.9 Å². The van der Waals surface area contributed by atoms with Crippen LogP contribution in [0.3, 0.4) is 0 Å². The van der Waals surface area contributed by atoms with E-state index in [1.54, 1.807) is 36.1 Å². The van der Waals surface area contributed by atoms with Gasteiger partial charge in [0.15, 0.2) is 0 Å². The number of aryl methyl sites for hydroxylation is 1. The summed E-state index contributed by atoms with van der Waals surface area (Å²) in [6.45, 7) is 8.65. The van der Waals surface area contributed by atoms with Crippen molar-refractivity contribution in [2.24, 2.45) is 5.92 Å². The average molecular weight is 522 g/mol. The molecule has 0 saturated heterocycles. The van der Waals surface area contributed by atoms with Crippen LogP contribution in [-0.2, 0) is 26.2 Å². The molecule has 35 heavy (non-hydrogen) atoms. The molecule has 0 aliphatic rings. The lowest BCUT2D eigenvalue weighted by molar-refractivity contribution is -0.140. The van der Waals surface area contributed by atoms with Gasteiger partial charge in [-0.05, 0) is 55.5 Å². The topological polar surface area (TPSA) is 86.8 Å². The number of sulfonamides is 1. The number of amides is 2. The zero-order valence-corrected chi connectivity index (χ0v) is 22.7. The number of hydrogen-bond donors (Lipinski definition) is 1. The lowest BCUT2D eigenvalue weighted by atomic mass is 10.1. The lowest BCUT2D eigenvalue weighted by Crippen LogP contribution is -2.48. The van der Waals surface area contributed by atoms with Crippen molar-refractivity contribution in [3.8, 4) is 0 Å². The van der Waals surface area contributed by atoms with E-state index < -0.39 is 16.1 Å². The van der Waals surface area contributed by atoms with Crippen molar-refractivity contribution in [2.75, 3.05) is 23.7 Å². The average Bonchev–Trinajstić information content (AvgIpc) is 2.78. The molecule has 0 spiro atoms. The second-order valence-electron chi connectivity index (χ2n) is 9.18. The van der Waals surface area contributed by atoms with E-state index in [0.717, 1.165) is 17.4 Å². The van der Waals surface area contributed by atoms with Crippen LogP contribution < -0.4 is 9.62 Å². The van der Waals surface area contributed by atoms with E-state index in [1.165, 1.54) is 4.31 Å². The molecule has 1 N–H and O–H groups in total. The molecule has 7 nitrogen and oxygen atoms in total. The molecule has 0 heterocycles. The first-order valence-electron chi connectivity index (χ1n) is 11.7. The molecule has 0 aliphatic heterocycles. The van der Waals surface area contributed by atoms with Gasteiger partial charge < -0.3 is 10.2 Å². The smallest absolute Gasteiger partial charge is 0.242 e. The first kappa shape index (κ1) is 28.7. The van der Waals surface area contributed by atoms with Crippen molar-refractivity contribution >= 4 is 39.1 Å². The minimum absolute atomic E-state index is 0.0975. The number of carbonyl (C=O) groups is 2. The number of rotatable bonds is 12. The third kappa shape index (κ3) is 8.85. The molecule has 2 aromatic rings. The quantitative estimate of drug-likeness (QED) is 0.449. The van der Waals surface area contributed by atoms with E-state index >= 15 is 0 Å². The monoisotopic (exact) mass is 521 g/mol. The first-order chi connectivity index (χ1) is 16.4. The van der Waals surface area contributed by atoms with Crippen LogP contribution >= 0.6 is 11.6 Å². The van der Waals surface area contributed by atoms with E-state index in [4.69, 9.17) is 11.6 Å². The van der Waals surface area contributed by atoms with Gasteiger partial charge in [-0.15, -0.1) is 0 Å². The predicted molar refractivity (Wildman–Crippen MR) is 142 cm³/mol. The second kappa shape index (κ2) is 12.9. The Hall–Kier alpha value is -2.58. The molecule has 0 fully saturated rings. The zero-order valence-electron chi connectivity index (χ0n) is 21.1. The summed E-state index contributed by atoms with van der Waals surface area (Å²) in [5.41, 5.74) is 2.44. The van der Waals surface area contributed by atoms with Crippen molar-refractivity contribution < 1.29 is 18.0 Å². The molecule has 192 valence electrons. The maximum Gasteiger partial charge on any atom is 0.242 e. The Morgan fingerprint density at radius 2 is 1.74 bits per heavy atom. The molecule has 1 unspecified atom stereocenters. The fraction of sp³-hybridized carbons (Fsp3) is 0.462. The fourth-order valence-corrected chi connectivity index (χ4v) is 4.78. The zero-order chi connectivity index (χ0) is 26.2. The van der Waals surface area contributed by atoms with Crippen LogP contribution in [0.5, 0.6) is 0 Å². The van der Waals surface area contributed by atoms with Crippen LogP contribution in [-0.4, -0.2) is 50.5 Å². The Kier molecular flexibility index (Phi) is 10.6. The molecule has 0 saturated carbocycles. The highest BCUT2D eigenvalue weighted by molar-refractivity contribution is 7.92. The number of halogens is 1. The largest absolute Gasteiger partial charge is 0.354 e. The van der Waals surface area contributed by atoms with Gasteiger partial charge in [-0.25, -0.2) is 8.42 Å². The third-order valence-electron chi connectivity index (χ3n) is 5.70. The predicted octanol–water partition coefficient (Wildman–Crippen LogP) is 4.38. The van der Waals surface area contributed by atoms with Gasteiger partial charge in [0.1, 0.15) is 6.04 Å². The van der Waals surface area contributed by atoms with Crippen molar-refractivity contribution in [1.82, 2.24) is 10.2 Å². The fourth-order valence-electron chi connectivity index (χ4n) is 3.64. The van der Waals surface area contributed by atoms with Gasteiger partial charge >= 0.3 is 0 Å². The minimum atomic E-state index is -3.57. The van der Waals surface area contributed by atoms with Crippen molar-refractivity contribution in [2.45, 2.75) is 53.1 Å². The second-order valence-corrected chi connectivity index (χ2v) is 11.5. The Morgan fingerprint density at radius 1 is 1.06 bits per heavy atom. The molecule has 2 rings (SSSR count). The lowest BCUT2D eigenvalue weighted by Gasteiger charge is -2.30. The van der Waals surface area contributed by atoms with Gasteiger partial charge in [0.2, 0.25) is 21.8 Å². The summed E-state index contributed by atoms with van der Waals surface area (Å²) in [7, 11) is -3.57. The summed E-state index contributed by atoms with van der Waals surface area (Å²) >= 11 is 6.04. The van der Waals surface area contributed by atoms with Crippen LogP contribution in [0.15, 0.2) is 48.5 Å². The van der Waals surface area contributed by atoms with Crippen molar-refractivity contribution in [3.05, 3.63) is 64.7 Å². The van der Waals surface area contributed by atoms with Gasteiger partial charge in [-0.3, -0.25) is 13.9 Å². The van der Waals surface area contributed by atoms with Gasteiger partial charge in [0.25, 0.3) is 0 Å². The number of carbonyl (C=O) groups excluding carboxylic acids is 2. The third-order valence-corrected chi connectivity index (χ3v) is 7.13. The number of hydrogen-bond acceptors (Lipinski definition) is 4. The standard InChI is InChI=1S/C26H36ClN3O4S/c1-19(2)17-28-26(32)21(4)29(18-22-11-7-6-10-20(22)3)25(31)14-9-15-30(35(5,33)34)24-13-8-12-23(27)16-24/h6-8,10-13,16,19,21H,9,14-15,17-18H2,1-5H3,(H,28,32). The molecule has 2 aromatic carbocycles. The highest BCUT2D eigenvalue weighted by Gasteiger charge is 2.27. The first-order valence-corrected chi connectivity index (χ1v) is 14.0. The summed E-state index contributed by atoms with van der Waals surface area (Å²) in [4.78, 5) is 27.7. The number of nitrogens with one attached hydrogen (secondary N) is 1. The molecule has 0 radical (unpaired) electrons. The molecule has 0 bridgehead atoms. The summed E-state index contributed by atoms with van der Waals surface area (Å²) in [6.07, 6.45) is 1.52. The van der Waals surface area contributed by atoms with Crippen LogP contribution in [0, 0.1) is 12.8 Å². The van der Waals surface area contributed by atoms with E-state index in [1.807, 2.05) is 45.0 Å². The van der Waals surface area contributed by atoms with Crippen LogP contribution in [0.2, 0.25) is 5.02 Å². The van der Waals surface area contributed by atoms with E-state index in [9.17, 15) is 18.0 Å². The highest BCUT2D eigenvalue weighted by Crippen LogP contribution is 2.23. The Morgan fingerprint density at radius 3 is 2.34 bits per heavy atom. The summed E-state index contributed by atoms with van der Waals surface area (Å²) < 4.78 is 26.0. The number of anilines is 1. The minimum Gasteiger partial charge on any atom is -0.354 e. The van der Waals surface area contributed by atoms with Gasteiger partial charge in [0, 0.05) is 31.1 Å². The van der Waals surface area contributed by atoms with Crippen molar-refractivity contribution in [1.29, 1.82) is 0 Å². The van der Waals surface area contributed by atoms with E-state index in [-0.39, 0.29) is 24.8 Å². The van der Waals surface area contributed by atoms with Crippen LogP contribution in [0.1, 0.15) is 44.7 Å². The summed E-state index contributed by atoms with van der Waals surface area (Å²) in [5, 5.41) is 3.33. The van der Waals surface area contributed by atoms with Gasteiger partial charge in [-0.1, -0.05) is 55.8 Å². The molecule has 1 atom stereocenters. The molecule has 0 aliphatic carbocycles. The Balaban J connectivity index is 2.17. The summed E-state index contributed by atoms with van der Waals surface area (Å²) in [6, 6.07) is 13.7. The maximum absolute atomic E-state index is 13.3. The normalized spacial score (nSPS) is 12.3. The Bertz CT molecular complexity index is 1120. The summed E-state index contributed by atoms with van der Waals surface area (Å²) in [5.74, 6) is -0.127. The molecule has 9 heteroatoms. The SMILES string of the molecule is Cc1ccccc1CN(C(=O)CCCN(c1cccc(Cl)c1)S(C)(=O)=O)C(C)C(=O)NCC(C)C. The van der Waals surface area contributed by atoms with E-state index in [0.29, 0.717) is 36.1 Å². The Labute approximate surface area is 214 Å². The number of nitrogens with zero attached hydrogens (tertiary/aromatic N) is 2. The highest BCUT2D eigenvalue weighted by atomic mass is 35.5. The molecular formula is C26H36ClN3O4S.